The number of pyridine rings is 1. The summed E-state index contributed by atoms with van der Waals surface area (Å²) in [4.78, 5) is 21.1. The number of aryl methyl sites for hydroxylation is 1. The van der Waals surface area contributed by atoms with Crippen LogP contribution in [-0.2, 0) is 7.05 Å². The Morgan fingerprint density at radius 2 is 2.19 bits per heavy atom. The number of nitrogens with two attached hydrogens (primary N) is 2. The smallest absolute Gasteiger partial charge is 0.435 e. The van der Waals surface area contributed by atoms with Crippen LogP contribution in [0.25, 0.3) is 21.5 Å². The minimum absolute atomic E-state index is 0.0165. The quantitative estimate of drug-likeness (QED) is 0.227. The minimum Gasteiger partial charge on any atom is -0.858 e. The molecular weight excluding hydrogens is 434 g/mol. The van der Waals surface area contributed by atoms with Gasteiger partial charge in [-0.15, -0.1) is 11.3 Å². The maximum atomic E-state index is 13.0. The highest BCUT2D eigenvalue weighted by Gasteiger charge is 2.31. The first-order valence-corrected chi connectivity index (χ1v) is 10.2. The summed E-state index contributed by atoms with van der Waals surface area (Å²) in [7, 11) is 1.53. The first kappa shape index (κ1) is 20.9. The monoisotopic (exact) mass is 451 g/mol. The van der Waals surface area contributed by atoms with Gasteiger partial charge < -0.3 is 21.3 Å². The second kappa shape index (κ2) is 8.05. The summed E-state index contributed by atoms with van der Waals surface area (Å²) in [5.41, 5.74) is 12.0. The number of nitrogens with zero attached hydrogens (tertiary/aromatic N) is 4. The summed E-state index contributed by atoms with van der Waals surface area (Å²) in [5.74, 6) is -0.268. The number of rotatable bonds is 5. The Kier molecular flexibility index (Phi) is 5.25. The number of aromatic nitrogens is 3. The third-order valence-electron chi connectivity index (χ3n) is 4.64. The number of hydrogen-bond donors (Lipinski definition) is 3. The summed E-state index contributed by atoms with van der Waals surface area (Å²) in [5, 5.41) is 25.3. The van der Waals surface area contributed by atoms with Gasteiger partial charge in [0.05, 0.1) is 28.1 Å². The van der Waals surface area contributed by atoms with Gasteiger partial charge in [-0.3, -0.25) is 9.52 Å². The number of nitriles is 1. The van der Waals surface area contributed by atoms with Gasteiger partial charge in [-0.25, -0.2) is 9.78 Å². The van der Waals surface area contributed by atoms with Crippen LogP contribution < -0.4 is 31.6 Å². The number of H-pyrrole nitrogens is 1. The van der Waals surface area contributed by atoms with Gasteiger partial charge in [-0.2, -0.15) is 5.26 Å². The number of aliphatic imine (C=N–C) groups is 1. The molecule has 0 saturated heterocycles. The average molecular weight is 451 g/mol. The van der Waals surface area contributed by atoms with Crippen molar-refractivity contribution in [1.29, 1.82) is 5.26 Å². The SMILES string of the molecule is CCOc1ccccc1N=C([O-])c1sc2nc(N)c(C#N)c(-c3c(=O)o[nH][n+]3C)c2c1N. The maximum Gasteiger partial charge on any atom is 0.435 e. The predicted molar refractivity (Wildman–Crippen MR) is 116 cm³/mol. The molecule has 11 nitrogen and oxygen atoms in total. The molecule has 3 aromatic heterocycles. The number of anilines is 2. The Balaban J connectivity index is 1.99. The highest BCUT2D eigenvalue weighted by atomic mass is 32.1. The van der Waals surface area contributed by atoms with Crippen molar-refractivity contribution in [2.75, 3.05) is 18.1 Å². The van der Waals surface area contributed by atoms with E-state index in [0.717, 1.165) is 11.3 Å². The molecule has 1 aromatic carbocycles. The molecule has 0 radical (unpaired) electrons. The third kappa shape index (κ3) is 3.30. The molecule has 0 atom stereocenters. The van der Waals surface area contributed by atoms with Crippen LogP contribution in [0.3, 0.4) is 0 Å². The van der Waals surface area contributed by atoms with Crippen LogP contribution in [0, 0.1) is 11.3 Å². The van der Waals surface area contributed by atoms with Crippen molar-refractivity contribution in [2.24, 2.45) is 12.0 Å². The van der Waals surface area contributed by atoms with Crippen molar-refractivity contribution in [1.82, 2.24) is 10.3 Å². The van der Waals surface area contributed by atoms with E-state index >= 15 is 0 Å². The van der Waals surface area contributed by atoms with Crippen molar-refractivity contribution in [3.63, 3.8) is 0 Å². The van der Waals surface area contributed by atoms with E-state index in [1.807, 2.05) is 13.0 Å². The van der Waals surface area contributed by atoms with E-state index in [0.29, 0.717) is 18.0 Å². The predicted octanol–water partition coefficient (Wildman–Crippen LogP) is 0.942. The van der Waals surface area contributed by atoms with Gasteiger partial charge in [0.2, 0.25) is 0 Å². The van der Waals surface area contributed by atoms with E-state index in [4.69, 9.17) is 20.7 Å². The van der Waals surface area contributed by atoms with E-state index < -0.39 is 11.5 Å². The molecule has 32 heavy (non-hydrogen) atoms. The second-order valence-electron chi connectivity index (χ2n) is 6.59. The lowest BCUT2D eigenvalue weighted by Crippen LogP contribution is -2.34. The first-order valence-electron chi connectivity index (χ1n) is 9.34. The second-order valence-corrected chi connectivity index (χ2v) is 7.59. The molecule has 4 rings (SSSR count). The molecule has 0 aliphatic heterocycles. The molecule has 0 fully saturated rings. The molecular formula is C20H17N7O4S. The zero-order valence-corrected chi connectivity index (χ0v) is 17.8. The molecule has 0 unspecified atom stereocenters. The Bertz CT molecular complexity index is 1480. The van der Waals surface area contributed by atoms with Gasteiger partial charge in [-0.1, -0.05) is 16.8 Å². The first-order chi connectivity index (χ1) is 15.4. The number of nitrogens with one attached hydrogen (secondary N) is 1. The van der Waals surface area contributed by atoms with Crippen LogP contribution in [0.15, 0.2) is 38.6 Å². The lowest BCUT2D eigenvalue weighted by molar-refractivity contribution is -0.730. The standard InChI is InChI=1S/C20H17N7O4S/c1-3-30-11-7-5-4-6-10(11)24-18(28)16-14(22)13-12(15-20(29)31-26-27(15)2)9(8-21)17(23)25-19(13)32-16/h4-7H,3H2,1-2H3,(H5-,22,23,24,25,26,28,29). The highest BCUT2D eigenvalue weighted by molar-refractivity contribution is 7.21. The topological polar surface area (TPSA) is 183 Å². The summed E-state index contributed by atoms with van der Waals surface area (Å²) in [6.45, 7) is 2.23. The average Bonchev–Trinajstić information content (AvgIpc) is 3.27. The van der Waals surface area contributed by atoms with E-state index in [1.165, 1.54) is 11.7 Å². The maximum absolute atomic E-state index is 13.0. The molecule has 3 heterocycles. The fourth-order valence-corrected chi connectivity index (χ4v) is 4.27. The van der Waals surface area contributed by atoms with Gasteiger partial charge in [0.25, 0.3) is 0 Å². The number of aromatic amines is 1. The molecule has 0 saturated carbocycles. The largest absolute Gasteiger partial charge is 0.858 e. The zero-order chi connectivity index (χ0) is 23.0. The number of ether oxygens (including phenoxy) is 1. The van der Waals surface area contributed by atoms with Crippen LogP contribution in [0.1, 0.15) is 17.4 Å². The molecule has 0 aliphatic carbocycles. The molecule has 162 valence electrons. The lowest BCUT2D eigenvalue weighted by atomic mass is 10.0. The minimum atomic E-state index is -0.732. The number of thiophene rings is 1. The summed E-state index contributed by atoms with van der Waals surface area (Å²) in [6.07, 6.45) is 0. The van der Waals surface area contributed by atoms with Crippen LogP contribution in [-0.4, -0.2) is 22.8 Å². The van der Waals surface area contributed by atoms with Gasteiger partial charge in [0.15, 0.2) is 7.05 Å². The summed E-state index contributed by atoms with van der Waals surface area (Å²) >= 11 is 0.965. The van der Waals surface area contributed by atoms with Crippen molar-refractivity contribution in [3.05, 3.63) is 45.1 Å². The number of fused-ring (bicyclic) bond motifs is 1. The van der Waals surface area contributed by atoms with Gasteiger partial charge in [-0.05, 0) is 24.3 Å². The molecule has 0 aliphatic rings. The number of hydrogen-bond acceptors (Lipinski definition) is 10. The molecule has 0 spiro atoms. The fraction of sp³-hybridized carbons (Fsp3) is 0.150. The van der Waals surface area contributed by atoms with Crippen LogP contribution >= 0.6 is 11.3 Å². The Labute approximate surface area is 184 Å². The van der Waals surface area contributed by atoms with E-state index in [-0.39, 0.29) is 43.4 Å². The van der Waals surface area contributed by atoms with Gasteiger partial charge in [0, 0.05) is 5.90 Å². The van der Waals surface area contributed by atoms with Crippen LogP contribution in [0.5, 0.6) is 5.75 Å². The molecule has 0 amide bonds. The number of para-hydroxylation sites is 2. The molecule has 4 aromatic rings. The number of nitrogen functional groups attached to an aromatic ring is 2. The molecule has 5 N–H and O–H groups in total. The Morgan fingerprint density at radius 1 is 1.44 bits per heavy atom. The highest BCUT2D eigenvalue weighted by Crippen LogP contribution is 2.41. The van der Waals surface area contributed by atoms with Crippen LogP contribution in [0.4, 0.5) is 17.2 Å². The van der Waals surface area contributed by atoms with Crippen molar-refractivity contribution in [3.8, 4) is 23.1 Å². The zero-order valence-electron chi connectivity index (χ0n) is 17.0. The normalized spacial score (nSPS) is 11.6. The van der Waals surface area contributed by atoms with E-state index in [2.05, 4.69) is 15.2 Å². The van der Waals surface area contributed by atoms with E-state index in [9.17, 15) is 15.2 Å². The Hall–Kier alpha value is -4.37. The van der Waals surface area contributed by atoms with Crippen LogP contribution in [0.2, 0.25) is 0 Å². The molecule has 12 heteroatoms. The third-order valence-corrected chi connectivity index (χ3v) is 5.73. The summed E-state index contributed by atoms with van der Waals surface area (Å²) in [6, 6.07) is 8.80. The van der Waals surface area contributed by atoms with Gasteiger partial charge >= 0.3 is 11.3 Å². The van der Waals surface area contributed by atoms with Crippen molar-refractivity contribution >= 4 is 44.6 Å². The van der Waals surface area contributed by atoms with E-state index in [1.54, 1.807) is 24.3 Å². The summed E-state index contributed by atoms with van der Waals surface area (Å²) < 4.78 is 11.6. The molecule has 0 bridgehead atoms. The number of benzene rings is 1. The van der Waals surface area contributed by atoms with Crippen molar-refractivity contribution in [2.45, 2.75) is 6.92 Å². The van der Waals surface area contributed by atoms with Gasteiger partial charge in [0.1, 0.15) is 33.7 Å². The van der Waals surface area contributed by atoms with Crippen molar-refractivity contribution < 1.29 is 19.0 Å². The Morgan fingerprint density at radius 3 is 2.84 bits per heavy atom. The fourth-order valence-electron chi connectivity index (χ4n) is 3.28. The lowest BCUT2D eigenvalue weighted by Gasteiger charge is -2.12.